The zero-order valence-electron chi connectivity index (χ0n) is 47.6. The molecule has 0 bridgehead atoms. The molecule has 0 radical (unpaired) electrons. The van der Waals surface area contributed by atoms with Crippen molar-refractivity contribution in [1.82, 2.24) is 43.2 Å². The van der Waals surface area contributed by atoms with E-state index < -0.39 is 5.82 Å². The third-order valence-corrected chi connectivity index (χ3v) is 17.9. The SMILES string of the molecule is Fc1c(-n2c3ccccc3c3ccccc32)c(-n2c3ccc(-c4cccnc4)cc3c3cc(-c4cccnc4)ccc32)c(-c2ccncc2)c(-n2c3ccc(-c4cccnc4)cc3c3cc(-c4cccnc4)ccc32)c1-n1c2ccccc2c2ccccc21. The number of hydrogen-bond donors (Lipinski definition) is 0. The van der Waals surface area contributed by atoms with Crippen LogP contribution in [0.4, 0.5) is 4.39 Å². The van der Waals surface area contributed by atoms with Crippen molar-refractivity contribution in [1.29, 1.82) is 0 Å². The van der Waals surface area contributed by atoms with Crippen LogP contribution >= 0.6 is 0 Å². The lowest BCUT2D eigenvalue weighted by Crippen LogP contribution is -2.16. The van der Waals surface area contributed by atoms with E-state index >= 15 is 4.39 Å². The van der Waals surface area contributed by atoms with E-state index in [9.17, 15) is 0 Å². The molecular formula is C79H48FN9. The summed E-state index contributed by atoms with van der Waals surface area (Å²) in [5.74, 6) is -0.422. The Morgan fingerprint density at radius 1 is 0.213 bits per heavy atom. The van der Waals surface area contributed by atoms with Gasteiger partial charge in [0.1, 0.15) is 11.4 Å². The Morgan fingerprint density at radius 2 is 0.494 bits per heavy atom. The number of nitrogens with zero attached hydrogens (tertiary/aromatic N) is 9. The van der Waals surface area contributed by atoms with Gasteiger partial charge in [0, 0.05) is 133 Å². The van der Waals surface area contributed by atoms with E-state index in [0.717, 1.165) is 143 Å². The Morgan fingerprint density at radius 3 is 0.787 bits per heavy atom. The summed E-state index contributed by atoms with van der Waals surface area (Å²) < 4.78 is 30.6. The highest BCUT2D eigenvalue weighted by Crippen LogP contribution is 2.52. The van der Waals surface area contributed by atoms with E-state index in [0.29, 0.717) is 22.7 Å². The van der Waals surface area contributed by atoms with Crippen molar-refractivity contribution in [3.8, 4) is 78.4 Å². The van der Waals surface area contributed by atoms with E-state index in [1.165, 1.54) is 0 Å². The van der Waals surface area contributed by atoms with E-state index in [-0.39, 0.29) is 0 Å². The molecule has 10 heteroatoms. The molecule has 9 nitrogen and oxygen atoms in total. The van der Waals surface area contributed by atoms with Crippen molar-refractivity contribution in [2.75, 3.05) is 0 Å². The maximum atomic E-state index is 21.5. The highest BCUT2D eigenvalue weighted by molar-refractivity contribution is 6.18. The van der Waals surface area contributed by atoms with Crippen LogP contribution in [-0.2, 0) is 0 Å². The minimum atomic E-state index is -0.422. The molecular weight excluding hydrogens is 1090 g/mol. The molecule has 0 spiro atoms. The van der Waals surface area contributed by atoms with E-state index in [2.05, 4.69) is 244 Å². The Hall–Kier alpha value is -12.1. The summed E-state index contributed by atoms with van der Waals surface area (Å²) in [6.07, 6.45) is 18.5. The van der Waals surface area contributed by atoms with Gasteiger partial charge in [0.05, 0.1) is 55.5 Å². The number of pyridine rings is 5. The fourth-order valence-corrected chi connectivity index (χ4v) is 14.0. The first kappa shape index (κ1) is 50.2. The van der Waals surface area contributed by atoms with Crippen LogP contribution in [0.15, 0.2) is 292 Å². The van der Waals surface area contributed by atoms with E-state index in [4.69, 9.17) is 4.98 Å². The maximum absolute atomic E-state index is 21.5. The van der Waals surface area contributed by atoms with Crippen molar-refractivity contribution in [3.05, 3.63) is 298 Å². The number of halogens is 1. The van der Waals surface area contributed by atoms with Crippen molar-refractivity contribution in [2.24, 2.45) is 0 Å². The van der Waals surface area contributed by atoms with Crippen LogP contribution in [0.5, 0.6) is 0 Å². The van der Waals surface area contributed by atoms with Gasteiger partial charge in [-0.15, -0.1) is 0 Å². The second kappa shape index (κ2) is 20.0. The third-order valence-electron chi connectivity index (χ3n) is 17.9. The zero-order valence-corrected chi connectivity index (χ0v) is 47.6. The number of aromatic nitrogens is 9. The summed E-state index contributed by atoms with van der Waals surface area (Å²) in [6.45, 7) is 0. The molecule has 9 heterocycles. The largest absolute Gasteiger partial charge is 0.306 e. The molecule has 416 valence electrons. The monoisotopic (exact) mass is 1140 g/mol. The van der Waals surface area contributed by atoms with Crippen molar-refractivity contribution >= 4 is 87.2 Å². The number of fused-ring (bicyclic) bond motifs is 12. The summed E-state index contributed by atoms with van der Waals surface area (Å²) in [5, 5.41) is 7.94. The molecule has 0 amide bonds. The van der Waals surface area contributed by atoms with Crippen LogP contribution in [0, 0.1) is 5.82 Å². The van der Waals surface area contributed by atoms with Crippen LogP contribution in [0.1, 0.15) is 0 Å². The molecule has 89 heavy (non-hydrogen) atoms. The average Bonchev–Trinajstić information content (AvgIpc) is 1.64. The van der Waals surface area contributed by atoms with E-state index in [1.54, 1.807) is 24.8 Å². The normalized spacial score (nSPS) is 11.9. The summed E-state index contributed by atoms with van der Waals surface area (Å²) in [4.78, 5) is 23.0. The van der Waals surface area contributed by atoms with Gasteiger partial charge < -0.3 is 18.3 Å². The fraction of sp³-hybridized carbons (Fsp3) is 0. The Balaban J connectivity index is 1.11. The molecule has 0 saturated carbocycles. The number of benzene rings is 9. The minimum Gasteiger partial charge on any atom is -0.306 e. The second-order valence-corrected chi connectivity index (χ2v) is 22.6. The molecule has 0 atom stereocenters. The van der Waals surface area contributed by atoms with Gasteiger partial charge in [0.15, 0.2) is 5.82 Å². The molecule has 0 fully saturated rings. The average molecular weight is 1140 g/mol. The zero-order chi connectivity index (χ0) is 58.7. The summed E-state index contributed by atoms with van der Waals surface area (Å²) in [7, 11) is 0. The summed E-state index contributed by atoms with van der Waals surface area (Å²) in [6, 6.07) is 80.5. The minimum absolute atomic E-state index is 0.375. The highest BCUT2D eigenvalue weighted by Gasteiger charge is 2.35. The molecule has 0 aliphatic rings. The Labute approximate surface area is 508 Å². The number of hydrogen-bond acceptors (Lipinski definition) is 5. The lowest BCUT2D eigenvalue weighted by atomic mass is 9.96. The first-order chi connectivity index (χ1) is 44.1. The number of rotatable bonds is 9. The molecule has 0 aliphatic heterocycles. The molecule has 0 N–H and O–H groups in total. The summed E-state index contributed by atoms with van der Waals surface area (Å²) in [5.41, 5.74) is 18.5. The standard InChI is InChI=1S/C79H48FN9/c80-75-78(88-66-21-5-1-17-58(66)59-18-2-6-22-67(59)88)76(86-70-29-25-50(54-13-9-35-82-45-54)41-62(70)63-42-51(26-30-71(63)86)55-14-10-36-83-46-55)74(49-33-39-81-40-34-49)77(79(75)89-68-23-7-3-19-60(68)61-20-4-8-24-69(61)89)87-72-31-27-52(56-15-11-37-84-47-56)43-64(72)65-44-53(28-32-73(65)87)57-16-12-38-85-48-57/h1-48H. The predicted octanol–water partition coefficient (Wildman–Crippen LogP) is 19.5. The molecule has 0 aliphatic carbocycles. The molecule has 0 unspecified atom stereocenters. The molecule has 18 aromatic rings. The van der Waals surface area contributed by atoms with Crippen LogP contribution in [0.25, 0.3) is 166 Å². The topological polar surface area (TPSA) is 84.2 Å². The van der Waals surface area contributed by atoms with Crippen LogP contribution < -0.4 is 0 Å². The van der Waals surface area contributed by atoms with Crippen molar-refractivity contribution < 1.29 is 4.39 Å². The lowest BCUT2D eigenvalue weighted by Gasteiger charge is -2.28. The third kappa shape index (κ3) is 7.70. The maximum Gasteiger partial charge on any atom is 0.175 e. The molecule has 0 saturated heterocycles. The fourth-order valence-electron chi connectivity index (χ4n) is 14.0. The van der Waals surface area contributed by atoms with Crippen LogP contribution in [-0.4, -0.2) is 43.2 Å². The van der Waals surface area contributed by atoms with Gasteiger partial charge in [-0.25, -0.2) is 4.39 Å². The Kier molecular flexibility index (Phi) is 11.3. The molecule has 9 aromatic carbocycles. The quantitative estimate of drug-likeness (QED) is 0.144. The Bertz CT molecular complexity index is 5210. The molecule has 9 aromatic heterocycles. The lowest BCUT2D eigenvalue weighted by molar-refractivity contribution is 0.612. The first-order valence-electron chi connectivity index (χ1n) is 29.7. The second-order valence-electron chi connectivity index (χ2n) is 22.6. The molecule has 18 rings (SSSR count). The smallest absolute Gasteiger partial charge is 0.175 e. The van der Waals surface area contributed by atoms with Gasteiger partial charge in [0.25, 0.3) is 0 Å². The van der Waals surface area contributed by atoms with Gasteiger partial charge in [-0.05, 0) is 137 Å². The van der Waals surface area contributed by atoms with Gasteiger partial charge in [-0.1, -0.05) is 121 Å². The van der Waals surface area contributed by atoms with E-state index in [1.807, 2.05) is 61.4 Å². The highest BCUT2D eigenvalue weighted by atomic mass is 19.1. The van der Waals surface area contributed by atoms with Gasteiger partial charge >= 0.3 is 0 Å². The summed E-state index contributed by atoms with van der Waals surface area (Å²) >= 11 is 0. The van der Waals surface area contributed by atoms with Crippen molar-refractivity contribution in [2.45, 2.75) is 0 Å². The van der Waals surface area contributed by atoms with Crippen molar-refractivity contribution in [3.63, 3.8) is 0 Å². The van der Waals surface area contributed by atoms with Crippen LogP contribution in [0.2, 0.25) is 0 Å². The van der Waals surface area contributed by atoms with Gasteiger partial charge in [-0.3, -0.25) is 24.9 Å². The van der Waals surface area contributed by atoms with Crippen LogP contribution in [0.3, 0.4) is 0 Å². The first-order valence-corrected chi connectivity index (χ1v) is 29.7. The predicted molar refractivity (Wildman–Crippen MR) is 360 cm³/mol. The van der Waals surface area contributed by atoms with Gasteiger partial charge in [-0.2, -0.15) is 0 Å². The number of para-hydroxylation sites is 4. The van der Waals surface area contributed by atoms with Gasteiger partial charge in [0.2, 0.25) is 0 Å².